The van der Waals surface area contributed by atoms with Crippen molar-refractivity contribution >= 4 is 5.97 Å². The molecule has 0 saturated heterocycles. The standard InChI is InChI=1S/C77H82O2/c1-3-58(2)49-68(59-31-13-4-14-32-59)50-69(60-33-15-5-16-34-60)51-70(61-35-17-6-18-36-61)52-71(62-37-19-7-20-38-62)53-72(63-39-21-8-22-40-63)54-73(64-41-23-9-24-42-64)55-74(65-43-25-10-26-44-65)56-75(66-45-27-11-28-46-66)57-76(77(78)79)67-47-29-12-30-48-67/h4-48,58,68-76H,3,49-57H2,1-2H3,(H,78,79). The number of carboxylic acid groups (broad SMARTS) is 1. The molecule has 0 spiro atoms. The third kappa shape index (κ3) is 16.3. The molecule has 0 heterocycles. The summed E-state index contributed by atoms with van der Waals surface area (Å²) in [7, 11) is 0. The van der Waals surface area contributed by atoms with Crippen molar-refractivity contribution in [2.24, 2.45) is 5.92 Å². The van der Waals surface area contributed by atoms with Gasteiger partial charge >= 0.3 is 5.97 Å². The quantitative estimate of drug-likeness (QED) is 0.0507. The first-order chi connectivity index (χ1) is 38.9. The number of aliphatic carboxylic acids is 1. The van der Waals surface area contributed by atoms with Crippen LogP contribution in [0.25, 0.3) is 0 Å². The average molecular weight is 1040 g/mol. The molecule has 2 heteroatoms. The average Bonchev–Trinajstić information content (AvgIpc) is 3.53. The van der Waals surface area contributed by atoms with Gasteiger partial charge in [-0.15, -0.1) is 0 Å². The van der Waals surface area contributed by atoms with Crippen LogP contribution in [0, 0.1) is 5.92 Å². The number of hydrogen-bond acceptors (Lipinski definition) is 1. The highest BCUT2D eigenvalue weighted by atomic mass is 16.4. The van der Waals surface area contributed by atoms with Crippen LogP contribution in [0.3, 0.4) is 0 Å². The second-order valence-electron chi connectivity index (χ2n) is 22.8. The summed E-state index contributed by atoms with van der Waals surface area (Å²) in [5.74, 6) is 1.35. The highest BCUT2D eigenvalue weighted by Gasteiger charge is 2.33. The van der Waals surface area contributed by atoms with Crippen molar-refractivity contribution in [3.05, 3.63) is 323 Å². The van der Waals surface area contributed by atoms with E-state index < -0.39 is 11.9 Å². The molecule has 0 aliphatic carbocycles. The maximum Gasteiger partial charge on any atom is 0.310 e. The first-order valence-electron chi connectivity index (χ1n) is 29.6. The Hall–Kier alpha value is -7.55. The molecule has 9 rings (SSSR count). The first kappa shape index (κ1) is 56.2. The van der Waals surface area contributed by atoms with E-state index in [1.807, 2.05) is 30.3 Å². The summed E-state index contributed by atoms with van der Waals surface area (Å²) < 4.78 is 0. The van der Waals surface area contributed by atoms with E-state index in [0.29, 0.717) is 30.1 Å². The summed E-state index contributed by atoms with van der Waals surface area (Å²) in [5.41, 5.74) is 11.9. The zero-order valence-electron chi connectivity index (χ0n) is 46.7. The second-order valence-corrected chi connectivity index (χ2v) is 22.8. The molecule has 0 aromatic heterocycles. The molecule has 0 radical (unpaired) electrons. The fourth-order valence-corrected chi connectivity index (χ4v) is 13.2. The molecular weight excluding hydrogens is 957 g/mol. The van der Waals surface area contributed by atoms with Crippen LogP contribution in [-0.4, -0.2) is 11.1 Å². The number of carbonyl (C=O) groups is 1. The molecule has 1 N–H and O–H groups in total. The van der Waals surface area contributed by atoms with Gasteiger partial charge < -0.3 is 5.11 Å². The molecule has 0 bridgehead atoms. The van der Waals surface area contributed by atoms with Crippen molar-refractivity contribution < 1.29 is 9.90 Å². The van der Waals surface area contributed by atoms with Crippen LogP contribution in [-0.2, 0) is 4.79 Å². The minimum Gasteiger partial charge on any atom is -0.481 e. The summed E-state index contributed by atoms with van der Waals surface area (Å²) >= 11 is 0. The summed E-state index contributed by atoms with van der Waals surface area (Å²) in [6, 6.07) is 100. The van der Waals surface area contributed by atoms with Crippen LogP contribution >= 0.6 is 0 Å². The zero-order valence-corrected chi connectivity index (χ0v) is 46.7. The number of rotatable bonds is 29. The van der Waals surface area contributed by atoms with Gasteiger partial charge in [0.25, 0.3) is 0 Å². The SMILES string of the molecule is CCC(C)CC(CC(CC(CC(CC(CC(CC(CC(CC(C(=O)O)c1ccccc1)c1ccccc1)c1ccccc1)c1ccccc1)c1ccccc1)c1ccccc1)c1ccccc1)c1ccccc1)c1ccccc1. The summed E-state index contributed by atoms with van der Waals surface area (Å²) in [6.07, 6.45) is 9.86. The molecule has 9 aromatic rings. The second kappa shape index (κ2) is 29.4. The molecule has 79 heavy (non-hydrogen) atoms. The van der Waals surface area contributed by atoms with Gasteiger partial charge in [-0.3, -0.25) is 4.79 Å². The number of benzene rings is 9. The van der Waals surface area contributed by atoms with Gasteiger partial charge in [0.1, 0.15) is 0 Å². The fraction of sp³-hybridized carbons (Fsp3) is 0.286. The lowest BCUT2D eigenvalue weighted by atomic mass is 9.70. The third-order valence-corrected chi connectivity index (χ3v) is 17.6. The Morgan fingerprint density at radius 1 is 0.266 bits per heavy atom. The molecule has 0 aliphatic rings. The van der Waals surface area contributed by atoms with E-state index in [0.717, 1.165) is 50.5 Å². The van der Waals surface area contributed by atoms with Crippen molar-refractivity contribution in [2.45, 2.75) is 131 Å². The van der Waals surface area contributed by atoms with Gasteiger partial charge in [0.2, 0.25) is 0 Å². The predicted octanol–water partition coefficient (Wildman–Crippen LogP) is 20.7. The van der Waals surface area contributed by atoms with Crippen molar-refractivity contribution in [2.75, 3.05) is 0 Å². The fourth-order valence-electron chi connectivity index (χ4n) is 13.2. The predicted molar refractivity (Wildman–Crippen MR) is 331 cm³/mol. The Labute approximate surface area is 473 Å². The minimum atomic E-state index is -0.771. The van der Waals surface area contributed by atoms with E-state index in [9.17, 15) is 9.90 Å². The summed E-state index contributed by atoms with van der Waals surface area (Å²) in [4.78, 5) is 13.2. The minimum absolute atomic E-state index is 0.0177. The van der Waals surface area contributed by atoms with Crippen molar-refractivity contribution in [1.29, 1.82) is 0 Å². The highest BCUT2D eigenvalue weighted by Crippen LogP contribution is 2.49. The van der Waals surface area contributed by atoms with Crippen LogP contribution in [0.1, 0.15) is 181 Å². The van der Waals surface area contributed by atoms with Gasteiger partial charge in [-0.1, -0.05) is 293 Å². The molecule has 9 aromatic carbocycles. The number of hydrogen-bond donors (Lipinski definition) is 1. The third-order valence-electron chi connectivity index (χ3n) is 17.6. The highest BCUT2D eigenvalue weighted by molar-refractivity contribution is 5.76. The number of carboxylic acids is 1. The summed E-state index contributed by atoms with van der Waals surface area (Å²) in [6.45, 7) is 4.78. The van der Waals surface area contributed by atoms with E-state index in [1.165, 1.54) is 57.3 Å². The van der Waals surface area contributed by atoms with Crippen molar-refractivity contribution in [1.82, 2.24) is 0 Å². The summed E-state index contributed by atoms with van der Waals surface area (Å²) in [5, 5.41) is 10.9. The molecule has 2 nitrogen and oxygen atoms in total. The Bertz CT molecular complexity index is 3080. The van der Waals surface area contributed by atoms with Gasteiger partial charge in [-0.2, -0.15) is 0 Å². The van der Waals surface area contributed by atoms with E-state index >= 15 is 0 Å². The largest absolute Gasteiger partial charge is 0.481 e. The van der Waals surface area contributed by atoms with Crippen molar-refractivity contribution in [3.63, 3.8) is 0 Å². The molecule has 0 aliphatic heterocycles. The van der Waals surface area contributed by atoms with Crippen LogP contribution in [0.15, 0.2) is 273 Å². The lowest BCUT2D eigenvalue weighted by molar-refractivity contribution is -0.139. The topological polar surface area (TPSA) is 37.3 Å². The first-order valence-corrected chi connectivity index (χ1v) is 29.6. The van der Waals surface area contributed by atoms with Gasteiger partial charge in [0.05, 0.1) is 5.92 Å². The van der Waals surface area contributed by atoms with Crippen LogP contribution in [0.5, 0.6) is 0 Å². The van der Waals surface area contributed by atoms with Crippen molar-refractivity contribution in [3.8, 4) is 0 Å². The lowest BCUT2D eigenvalue weighted by Gasteiger charge is -2.34. The van der Waals surface area contributed by atoms with Crippen LogP contribution in [0.2, 0.25) is 0 Å². The molecule has 0 amide bonds. The van der Waals surface area contributed by atoms with Gasteiger partial charge in [0.15, 0.2) is 0 Å². The maximum absolute atomic E-state index is 13.2. The monoisotopic (exact) mass is 1040 g/mol. The molecule has 402 valence electrons. The van der Waals surface area contributed by atoms with Gasteiger partial charge in [-0.25, -0.2) is 0 Å². The van der Waals surface area contributed by atoms with E-state index in [2.05, 4.69) is 257 Å². The van der Waals surface area contributed by atoms with E-state index in [-0.39, 0.29) is 29.6 Å². The molecule has 10 unspecified atom stereocenters. The molecule has 0 fully saturated rings. The smallest absolute Gasteiger partial charge is 0.310 e. The van der Waals surface area contributed by atoms with E-state index in [4.69, 9.17) is 0 Å². The Morgan fingerprint density at radius 2 is 0.430 bits per heavy atom. The normalized spacial score (nSPS) is 15.3. The lowest BCUT2D eigenvalue weighted by Crippen LogP contribution is -2.19. The maximum atomic E-state index is 13.2. The molecule has 10 atom stereocenters. The molecular formula is C77H82O2. The van der Waals surface area contributed by atoms with Crippen LogP contribution in [0.4, 0.5) is 0 Å². The zero-order chi connectivity index (χ0) is 54.4. The molecule has 0 saturated carbocycles. The Kier molecular flexibility index (Phi) is 20.9. The van der Waals surface area contributed by atoms with Crippen LogP contribution < -0.4 is 0 Å². The van der Waals surface area contributed by atoms with E-state index in [1.54, 1.807) is 0 Å². The Morgan fingerprint density at radius 3 is 0.608 bits per heavy atom. The van der Waals surface area contributed by atoms with Gasteiger partial charge in [0, 0.05) is 0 Å². The van der Waals surface area contributed by atoms with Gasteiger partial charge in [-0.05, 0) is 161 Å². The Balaban J connectivity index is 1.08.